The van der Waals surface area contributed by atoms with Crippen molar-refractivity contribution >= 4 is 59.1 Å². The Morgan fingerprint density at radius 3 is 1.68 bits per heavy atom. The molecule has 0 aromatic carbocycles. The van der Waals surface area contributed by atoms with Crippen LogP contribution in [0.2, 0.25) is 0 Å². The molecule has 0 bridgehead atoms. The summed E-state index contributed by atoms with van der Waals surface area (Å²) in [5.41, 5.74) is -1.64. The molecule has 0 saturated carbocycles. The molecule has 1 heterocycles. The van der Waals surface area contributed by atoms with Crippen LogP contribution in [-0.4, -0.2) is 125 Å². The molecule has 1 rings (SSSR count). The van der Waals surface area contributed by atoms with Crippen molar-refractivity contribution in [3.8, 4) is 0 Å². The minimum Gasteiger partial charge on any atom is -0.460 e. The molecule has 6 atom stereocenters. The Labute approximate surface area is 384 Å². The second-order valence-corrected chi connectivity index (χ2v) is 19.2. The van der Waals surface area contributed by atoms with Crippen LogP contribution in [0.25, 0.3) is 0 Å². The molecule has 19 nitrogen and oxygen atoms in total. The number of carbonyl (C=O) groups is 10. The Morgan fingerprint density at radius 1 is 0.677 bits per heavy atom. The highest BCUT2D eigenvalue weighted by Crippen LogP contribution is 2.22. The normalized spacial score (nSPS) is 16.2. The zero-order valence-corrected chi connectivity index (χ0v) is 40.7. The summed E-state index contributed by atoms with van der Waals surface area (Å²) in [7, 11) is 0. The number of likely N-dealkylation sites (tertiary alicyclic amines) is 1. The van der Waals surface area contributed by atoms with Crippen molar-refractivity contribution in [3.05, 3.63) is 12.7 Å². The first-order valence-corrected chi connectivity index (χ1v) is 22.8. The molecule has 1 saturated heterocycles. The van der Waals surface area contributed by atoms with Crippen LogP contribution in [0.1, 0.15) is 147 Å². The predicted molar refractivity (Wildman–Crippen MR) is 242 cm³/mol. The van der Waals surface area contributed by atoms with Crippen molar-refractivity contribution in [2.24, 2.45) is 11.8 Å². The molecule has 65 heavy (non-hydrogen) atoms. The molecule has 368 valence electrons. The summed E-state index contributed by atoms with van der Waals surface area (Å²) < 4.78 is 10.8. The van der Waals surface area contributed by atoms with Crippen LogP contribution in [0.15, 0.2) is 12.7 Å². The third kappa shape index (κ3) is 21.9. The number of Topliss-reactive ketones (excluding diaryl/α,β-unsaturated/α-hetero) is 1. The highest BCUT2D eigenvalue weighted by molar-refractivity contribution is 6.38. The van der Waals surface area contributed by atoms with Gasteiger partial charge in [-0.25, -0.2) is 0 Å². The summed E-state index contributed by atoms with van der Waals surface area (Å²) in [6.45, 7) is 24.1. The minimum atomic E-state index is -1.43. The molecular formula is C46H77N7O12. The van der Waals surface area contributed by atoms with Gasteiger partial charge in [-0.2, -0.15) is 0 Å². The van der Waals surface area contributed by atoms with Gasteiger partial charge in [0.05, 0.1) is 6.04 Å². The lowest BCUT2D eigenvalue weighted by Gasteiger charge is -2.32. The SMILES string of the molecule is C=CCNC(=O)C(=O)C(CCC)NC(=O)C1CCCN1C(=O)C(CCC(C)C)NC(=O)C(NC(=O)C(CCC(=O)OC(C)(C)C)NC(=O)C(CCC(=O)OC(C)(C)C)NC(C)=O)C(C)C. The number of hydrogen-bond acceptors (Lipinski definition) is 12. The van der Waals surface area contributed by atoms with E-state index in [0.717, 1.165) is 0 Å². The fourth-order valence-electron chi connectivity index (χ4n) is 6.91. The third-order valence-corrected chi connectivity index (χ3v) is 10.0. The molecule has 1 fully saturated rings. The molecule has 0 radical (unpaired) electrons. The van der Waals surface area contributed by atoms with E-state index in [1.165, 1.54) is 17.9 Å². The Bertz CT molecular complexity index is 1700. The number of nitrogens with zero attached hydrogens (tertiary/aromatic N) is 1. The molecule has 6 unspecified atom stereocenters. The number of amides is 7. The molecular weight excluding hydrogens is 843 g/mol. The van der Waals surface area contributed by atoms with E-state index in [0.29, 0.717) is 19.3 Å². The minimum absolute atomic E-state index is 0.0669. The van der Waals surface area contributed by atoms with Crippen molar-refractivity contribution < 1.29 is 57.4 Å². The lowest BCUT2D eigenvalue weighted by Crippen LogP contribution is -2.60. The molecule has 1 aliphatic rings. The second kappa shape index (κ2) is 27.2. The molecule has 0 aromatic heterocycles. The molecule has 7 amide bonds. The van der Waals surface area contributed by atoms with Gasteiger partial charge in [-0.1, -0.05) is 47.1 Å². The first-order chi connectivity index (χ1) is 30.1. The predicted octanol–water partition coefficient (Wildman–Crippen LogP) is 2.43. The molecule has 0 spiro atoms. The van der Waals surface area contributed by atoms with E-state index < -0.39 is 112 Å². The average molecular weight is 920 g/mol. The summed E-state index contributed by atoms with van der Waals surface area (Å²) >= 11 is 0. The van der Waals surface area contributed by atoms with E-state index in [-0.39, 0.29) is 64.0 Å². The molecule has 0 aromatic rings. The number of esters is 2. The standard InChI is InChI=1S/C46H77N7O12/c1-14-17-30(38(57)43(62)47-25-15-2)49-41(60)34-18-16-26-53(34)44(63)33(20-19-27(3)4)51-42(61)37(28(5)6)52-40(59)32(22-24-36(56)65-46(11,12)13)50-39(58)31(48-29(7)54)21-23-35(55)64-45(8,9)10/h15,27-28,30-34,37H,2,14,16-26H2,1,3-13H3,(H,47,62)(H,48,54)(H,49,60)(H,50,58)(H,51,61)(H,52,59). The zero-order valence-electron chi connectivity index (χ0n) is 40.7. The topological polar surface area (TPSA) is 265 Å². The summed E-state index contributed by atoms with van der Waals surface area (Å²) in [5.74, 6) is -7.53. The quantitative estimate of drug-likeness (QED) is 0.0415. The number of ether oxygens (including phenoxy) is 2. The molecule has 1 aliphatic heterocycles. The van der Waals surface area contributed by atoms with Crippen molar-refractivity contribution in [2.45, 2.75) is 195 Å². The van der Waals surface area contributed by atoms with E-state index in [4.69, 9.17) is 9.47 Å². The first-order valence-electron chi connectivity index (χ1n) is 22.8. The van der Waals surface area contributed by atoms with Gasteiger partial charge >= 0.3 is 11.9 Å². The maximum Gasteiger partial charge on any atom is 0.306 e. The van der Waals surface area contributed by atoms with E-state index in [9.17, 15) is 47.9 Å². The lowest BCUT2D eigenvalue weighted by molar-refractivity contribution is -0.156. The van der Waals surface area contributed by atoms with Crippen LogP contribution in [0, 0.1) is 11.8 Å². The van der Waals surface area contributed by atoms with Crippen molar-refractivity contribution in [1.82, 2.24) is 36.8 Å². The third-order valence-electron chi connectivity index (χ3n) is 10.0. The van der Waals surface area contributed by atoms with E-state index in [2.05, 4.69) is 38.5 Å². The van der Waals surface area contributed by atoms with Gasteiger partial charge in [0.15, 0.2) is 0 Å². The number of nitrogens with one attached hydrogen (secondary N) is 6. The van der Waals surface area contributed by atoms with Crippen LogP contribution < -0.4 is 31.9 Å². The molecule has 0 aliphatic carbocycles. The van der Waals surface area contributed by atoms with Crippen molar-refractivity contribution in [2.75, 3.05) is 13.1 Å². The van der Waals surface area contributed by atoms with Gasteiger partial charge in [-0.3, -0.25) is 47.9 Å². The smallest absolute Gasteiger partial charge is 0.306 e. The zero-order chi connectivity index (χ0) is 49.8. The van der Waals surface area contributed by atoms with Crippen LogP contribution in [0.5, 0.6) is 0 Å². The Hall–Kier alpha value is -5.36. The largest absolute Gasteiger partial charge is 0.460 e. The highest BCUT2D eigenvalue weighted by Gasteiger charge is 2.40. The summed E-state index contributed by atoms with van der Waals surface area (Å²) in [6.07, 6.45) is 2.54. The van der Waals surface area contributed by atoms with Gasteiger partial charge in [0.1, 0.15) is 41.4 Å². The van der Waals surface area contributed by atoms with Gasteiger partial charge in [0.25, 0.3) is 5.91 Å². The lowest BCUT2D eigenvalue weighted by atomic mass is 9.99. The van der Waals surface area contributed by atoms with Gasteiger partial charge < -0.3 is 46.3 Å². The molecule has 19 heteroatoms. The Kier molecular flexibility index (Phi) is 24.1. The second-order valence-electron chi connectivity index (χ2n) is 19.2. The van der Waals surface area contributed by atoms with Gasteiger partial charge in [0.2, 0.25) is 41.2 Å². The Balaban J connectivity index is 3.43. The van der Waals surface area contributed by atoms with E-state index >= 15 is 0 Å². The Morgan fingerprint density at radius 2 is 1.20 bits per heavy atom. The number of hydrogen-bond donors (Lipinski definition) is 6. The maximum atomic E-state index is 14.3. The van der Waals surface area contributed by atoms with Crippen LogP contribution in [0.3, 0.4) is 0 Å². The highest BCUT2D eigenvalue weighted by atomic mass is 16.6. The molecule has 6 N–H and O–H groups in total. The fourth-order valence-corrected chi connectivity index (χ4v) is 6.91. The van der Waals surface area contributed by atoms with Gasteiger partial charge in [0, 0.05) is 32.9 Å². The van der Waals surface area contributed by atoms with Crippen LogP contribution >= 0.6 is 0 Å². The maximum absolute atomic E-state index is 14.3. The number of rotatable bonds is 26. The van der Waals surface area contributed by atoms with Gasteiger partial charge in [-0.05, 0) is 98.3 Å². The van der Waals surface area contributed by atoms with Crippen molar-refractivity contribution in [1.29, 1.82) is 0 Å². The average Bonchev–Trinajstić information content (AvgIpc) is 3.68. The fraction of sp³-hybridized carbons (Fsp3) is 0.739. The van der Waals surface area contributed by atoms with Crippen LogP contribution in [0.4, 0.5) is 0 Å². The monoisotopic (exact) mass is 920 g/mol. The van der Waals surface area contributed by atoms with Crippen LogP contribution in [-0.2, 0) is 57.4 Å². The summed E-state index contributed by atoms with van der Waals surface area (Å²) in [6, 6.07) is -7.19. The summed E-state index contributed by atoms with van der Waals surface area (Å²) in [5, 5.41) is 15.7. The summed E-state index contributed by atoms with van der Waals surface area (Å²) in [4.78, 5) is 134. The van der Waals surface area contributed by atoms with E-state index in [1.807, 2.05) is 13.8 Å². The first kappa shape index (κ1) is 57.7. The van der Waals surface area contributed by atoms with Crippen molar-refractivity contribution in [3.63, 3.8) is 0 Å². The van der Waals surface area contributed by atoms with Gasteiger partial charge in [-0.15, -0.1) is 6.58 Å². The number of carbonyl (C=O) groups excluding carboxylic acids is 10. The number of ketones is 1. The van der Waals surface area contributed by atoms with E-state index in [1.54, 1.807) is 62.3 Å².